The zero-order valence-corrected chi connectivity index (χ0v) is 10.9. The van der Waals surface area contributed by atoms with Crippen molar-refractivity contribution in [3.63, 3.8) is 0 Å². The first-order valence-electron chi connectivity index (χ1n) is 5.15. The van der Waals surface area contributed by atoms with E-state index in [9.17, 15) is 12.6 Å². The van der Waals surface area contributed by atoms with Crippen LogP contribution >= 0.6 is 0 Å². The van der Waals surface area contributed by atoms with Crippen LogP contribution in [0.2, 0.25) is 0 Å². The Morgan fingerprint density at radius 3 is 2.40 bits per heavy atom. The second-order valence-electron chi connectivity index (χ2n) is 4.23. The minimum Gasteiger partial charge on any atom is -0.311 e. The van der Waals surface area contributed by atoms with E-state index in [0.717, 1.165) is 0 Å². The molecule has 15 heavy (non-hydrogen) atoms. The Bertz CT molecular complexity index is 312. The molecule has 1 saturated heterocycles. The number of nitrogens with one attached hydrogen (secondary N) is 1. The summed E-state index contributed by atoms with van der Waals surface area (Å²) in [6, 6.07) is 0.466. The SMILES string of the molecule is CC(CS(C)=O)NC1CCS(=O)(=O)CC1. The van der Waals surface area contributed by atoms with Crippen molar-refractivity contribution < 1.29 is 12.6 Å². The average molecular weight is 253 g/mol. The predicted octanol–water partition coefficient (Wildman–Crippen LogP) is -0.0798. The third kappa shape index (κ3) is 5.08. The lowest BCUT2D eigenvalue weighted by molar-refractivity contribution is 0.429. The van der Waals surface area contributed by atoms with Gasteiger partial charge in [-0.2, -0.15) is 0 Å². The van der Waals surface area contributed by atoms with Crippen molar-refractivity contribution >= 4 is 20.6 Å². The van der Waals surface area contributed by atoms with Crippen molar-refractivity contribution in [3.05, 3.63) is 0 Å². The van der Waals surface area contributed by atoms with E-state index < -0.39 is 20.6 Å². The Labute approximate surface area is 94.2 Å². The number of hydrogen-bond acceptors (Lipinski definition) is 4. The van der Waals surface area contributed by atoms with E-state index in [1.807, 2.05) is 6.92 Å². The van der Waals surface area contributed by atoms with E-state index in [1.165, 1.54) is 0 Å². The summed E-state index contributed by atoms with van der Waals surface area (Å²) in [6.45, 7) is 1.99. The molecule has 1 aliphatic heterocycles. The van der Waals surface area contributed by atoms with Gasteiger partial charge in [0.05, 0.1) is 11.5 Å². The molecule has 0 radical (unpaired) electrons. The fourth-order valence-corrected chi connectivity index (χ4v) is 4.15. The Kier molecular flexibility index (Phi) is 4.73. The molecule has 1 aliphatic rings. The molecule has 1 heterocycles. The van der Waals surface area contributed by atoms with Gasteiger partial charge in [-0.1, -0.05) is 0 Å². The van der Waals surface area contributed by atoms with Crippen molar-refractivity contribution in [2.24, 2.45) is 0 Å². The Morgan fingerprint density at radius 1 is 1.40 bits per heavy atom. The van der Waals surface area contributed by atoms with E-state index in [0.29, 0.717) is 18.6 Å². The lowest BCUT2D eigenvalue weighted by atomic mass is 10.1. The van der Waals surface area contributed by atoms with Crippen LogP contribution in [0.25, 0.3) is 0 Å². The maximum atomic E-state index is 11.2. The van der Waals surface area contributed by atoms with Crippen LogP contribution in [-0.2, 0) is 20.6 Å². The van der Waals surface area contributed by atoms with Gasteiger partial charge in [0.15, 0.2) is 0 Å². The predicted molar refractivity (Wildman–Crippen MR) is 63.2 cm³/mol. The molecule has 1 rings (SSSR count). The third-order valence-electron chi connectivity index (χ3n) is 2.56. The van der Waals surface area contributed by atoms with Crippen molar-refractivity contribution in [2.75, 3.05) is 23.5 Å². The first-order chi connectivity index (χ1) is 6.89. The van der Waals surface area contributed by atoms with Crippen LogP contribution in [0.15, 0.2) is 0 Å². The second kappa shape index (κ2) is 5.41. The summed E-state index contributed by atoms with van der Waals surface area (Å²) in [7, 11) is -3.57. The highest BCUT2D eigenvalue weighted by atomic mass is 32.2. The molecular weight excluding hydrogens is 234 g/mol. The summed E-state index contributed by atoms with van der Waals surface area (Å²) >= 11 is 0. The van der Waals surface area contributed by atoms with Gasteiger partial charge in [-0.15, -0.1) is 0 Å². The van der Waals surface area contributed by atoms with Gasteiger partial charge >= 0.3 is 0 Å². The molecule has 0 aromatic heterocycles. The van der Waals surface area contributed by atoms with Crippen LogP contribution < -0.4 is 5.32 Å². The highest BCUT2D eigenvalue weighted by molar-refractivity contribution is 7.91. The van der Waals surface area contributed by atoms with Gasteiger partial charge in [-0.05, 0) is 19.8 Å². The summed E-state index contributed by atoms with van der Waals surface area (Å²) in [5.74, 6) is 1.20. The molecule has 1 N–H and O–H groups in total. The number of rotatable bonds is 4. The van der Waals surface area contributed by atoms with Crippen molar-refractivity contribution in [1.82, 2.24) is 5.32 Å². The molecule has 0 aliphatic carbocycles. The molecule has 6 heteroatoms. The van der Waals surface area contributed by atoms with Gasteiger partial charge in [-0.25, -0.2) is 8.42 Å². The smallest absolute Gasteiger partial charge is 0.150 e. The van der Waals surface area contributed by atoms with Crippen LogP contribution in [0.3, 0.4) is 0 Å². The Balaban J connectivity index is 2.32. The maximum absolute atomic E-state index is 11.2. The first-order valence-corrected chi connectivity index (χ1v) is 8.70. The minimum atomic E-state index is -2.77. The van der Waals surface area contributed by atoms with E-state index in [1.54, 1.807) is 6.26 Å². The minimum absolute atomic E-state index is 0.196. The fourth-order valence-electron chi connectivity index (χ4n) is 1.86. The molecule has 0 saturated carbocycles. The molecule has 0 amide bonds. The van der Waals surface area contributed by atoms with E-state index in [4.69, 9.17) is 0 Å². The zero-order valence-electron chi connectivity index (χ0n) is 9.23. The topological polar surface area (TPSA) is 63.2 Å². The molecule has 0 bridgehead atoms. The normalized spacial score (nSPS) is 26.0. The molecule has 4 nitrogen and oxygen atoms in total. The van der Waals surface area contributed by atoms with Gasteiger partial charge in [0.2, 0.25) is 0 Å². The van der Waals surface area contributed by atoms with Crippen LogP contribution in [0.1, 0.15) is 19.8 Å². The van der Waals surface area contributed by atoms with Crippen molar-refractivity contribution in [1.29, 1.82) is 0 Å². The summed E-state index contributed by atoms with van der Waals surface area (Å²) in [5, 5.41) is 3.33. The molecular formula is C9H19NO3S2. The van der Waals surface area contributed by atoms with Gasteiger partial charge in [-0.3, -0.25) is 4.21 Å². The first kappa shape index (κ1) is 13.1. The van der Waals surface area contributed by atoms with Crippen LogP contribution in [0.5, 0.6) is 0 Å². The summed E-state index contributed by atoms with van der Waals surface area (Å²) < 4.78 is 33.3. The monoisotopic (exact) mass is 253 g/mol. The van der Waals surface area contributed by atoms with Crippen LogP contribution in [0.4, 0.5) is 0 Å². The van der Waals surface area contributed by atoms with Crippen LogP contribution in [0, 0.1) is 0 Å². The molecule has 0 spiro atoms. The molecule has 0 aromatic rings. The van der Waals surface area contributed by atoms with Gasteiger partial charge in [0.1, 0.15) is 9.84 Å². The quantitative estimate of drug-likeness (QED) is 0.761. The maximum Gasteiger partial charge on any atom is 0.150 e. The molecule has 2 atom stereocenters. The molecule has 0 aromatic carbocycles. The van der Waals surface area contributed by atoms with Crippen molar-refractivity contribution in [2.45, 2.75) is 31.8 Å². The molecule has 1 fully saturated rings. The van der Waals surface area contributed by atoms with E-state index >= 15 is 0 Å². The van der Waals surface area contributed by atoms with E-state index in [2.05, 4.69) is 5.32 Å². The van der Waals surface area contributed by atoms with Crippen molar-refractivity contribution in [3.8, 4) is 0 Å². The lowest BCUT2D eigenvalue weighted by Gasteiger charge is -2.26. The average Bonchev–Trinajstić information content (AvgIpc) is 2.07. The summed E-state index contributed by atoms with van der Waals surface area (Å²) in [5.41, 5.74) is 0. The highest BCUT2D eigenvalue weighted by Crippen LogP contribution is 2.12. The second-order valence-corrected chi connectivity index (χ2v) is 8.02. The standard InChI is InChI=1S/C9H19NO3S2/c1-8(7-14(2)11)10-9-3-5-15(12,13)6-4-9/h8-10H,3-7H2,1-2H3. The molecule has 2 unspecified atom stereocenters. The largest absolute Gasteiger partial charge is 0.311 e. The van der Waals surface area contributed by atoms with Crippen LogP contribution in [-0.4, -0.2) is 48.2 Å². The third-order valence-corrected chi connectivity index (χ3v) is 5.24. The Hall–Kier alpha value is 0.0600. The fraction of sp³-hybridized carbons (Fsp3) is 1.00. The highest BCUT2D eigenvalue weighted by Gasteiger charge is 2.24. The summed E-state index contributed by atoms with van der Waals surface area (Å²) in [6.07, 6.45) is 3.05. The summed E-state index contributed by atoms with van der Waals surface area (Å²) in [4.78, 5) is 0. The van der Waals surface area contributed by atoms with Gasteiger partial charge in [0.25, 0.3) is 0 Å². The van der Waals surface area contributed by atoms with Gasteiger partial charge in [0, 0.05) is 34.9 Å². The lowest BCUT2D eigenvalue weighted by Crippen LogP contribution is -2.43. The zero-order chi connectivity index (χ0) is 11.5. The number of sulfone groups is 1. The van der Waals surface area contributed by atoms with E-state index in [-0.39, 0.29) is 23.6 Å². The Morgan fingerprint density at radius 2 is 1.93 bits per heavy atom. The number of hydrogen-bond donors (Lipinski definition) is 1. The molecule has 90 valence electrons. The van der Waals surface area contributed by atoms with Gasteiger partial charge < -0.3 is 5.32 Å².